The number of carbonyl (C=O) groups excluding carboxylic acids is 2. The van der Waals surface area contributed by atoms with Gasteiger partial charge in [-0.25, -0.2) is 4.39 Å². The van der Waals surface area contributed by atoms with E-state index in [1.807, 2.05) is 0 Å². The number of aromatic hydroxyl groups is 1. The van der Waals surface area contributed by atoms with Crippen LogP contribution >= 0.6 is 0 Å². The van der Waals surface area contributed by atoms with Crippen LogP contribution in [0.2, 0.25) is 0 Å². The molecule has 1 unspecified atom stereocenters. The number of phenolic OH excluding ortho intramolecular Hbond substituents is 1. The van der Waals surface area contributed by atoms with E-state index in [1.165, 1.54) is 23.1 Å². The van der Waals surface area contributed by atoms with Crippen molar-refractivity contribution >= 4 is 17.4 Å². The molecule has 0 aromatic heterocycles. The standard InChI is InChI=1S/C29H26FNO7/c1-2-36-23-15-18(5-9-21(23)32)26-25(27(33)19-6-10-22-24(16-19)38-14-13-37-22)28(34)29(35)31(26)12-11-17-3-7-20(30)8-4-17/h3-10,15-16,26,32-33H,2,11-14H2,1H3/b27-25+. The van der Waals surface area contributed by atoms with Gasteiger partial charge in [-0.15, -0.1) is 0 Å². The van der Waals surface area contributed by atoms with Gasteiger partial charge in [0.2, 0.25) is 0 Å². The number of hydrogen-bond acceptors (Lipinski definition) is 7. The van der Waals surface area contributed by atoms with E-state index in [9.17, 15) is 24.2 Å². The molecule has 5 rings (SSSR count). The number of ether oxygens (including phenoxy) is 3. The van der Waals surface area contributed by atoms with Gasteiger partial charge >= 0.3 is 0 Å². The average Bonchev–Trinajstić information content (AvgIpc) is 3.18. The van der Waals surface area contributed by atoms with E-state index < -0.39 is 17.7 Å². The smallest absolute Gasteiger partial charge is 0.295 e. The summed E-state index contributed by atoms with van der Waals surface area (Å²) in [6, 6.07) is 14.3. The average molecular weight is 520 g/mol. The van der Waals surface area contributed by atoms with E-state index in [1.54, 1.807) is 49.4 Å². The highest BCUT2D eigenvalue weighted by Crippen LogP contribution is 2.43. The Morgan fingerprint density at radius 2 is 1.76 bits per heavy atom. The lowest BCUT2D eigenvalue weighted by atomic mass is 9.94. The number of halogens is 1. The molecule has 2 aliphatic heterocycles. The molecule has 0 saturated carbocycles. The molecule has 9 heteroatoms. The second-order valence-electron chi connectivity index (χ2n) is 8.89. The predicted molar refractivity (Wildman–Crippen MR) is 136 cm³/mol. The molecule has 1 amide bonds. The molecule has 8 nitrogen and oxygen atoms in total. The summed E-state index contributed by atoms with van der Waals surface area (Å²) in [6.07, 6.45) is 0.351. The molecule has 196 valence electrons. The summed E-state index contributed by atoms with van der Waals surface area (Å²) in [6.45, 7) is 2.94. The van der Waals surface area contributed by atoms with Crippen molar-refractivity contribution in [1.29, 1.82) is 0 Å². The van der Waals surface area contributed by atoms with Crippen molar-refractivity contribution in [2.45, 2.75) is 19.4 Å². The highest BCUT2D eigenvalue weighted by atomic mass is 19.1. The molecule has 1 atom stereocenters. The van der Waals surface area contributed by atoms with Crippen LogP contribution in [0.5, 0.6) is 23.0 Å². The number of aliphatic hydroxyl groups is 1. The number of nitrogens with zero attached hydrogens (tertiary/aromatic N) is 1. The third-order valence-electron chi connectivity index (χ3n) is 6.51. The van der Waals surface area contributed by atoms with Gasteiger partial charge in [0.15, 0.2) is 23.0 Å². The summed E-state index contributed by atoms with van der Waals surface area (Å²) >= 11 is 0. The number of benzene rings is 3. The molecule has 0 spiro atoms. The quantitative estimate of drug-likeness (QED) is 0.271. The first-order valence-corrected chi connectivity index (χ1v) is 12.3. The van der Waals surface area contributed by atoms with Crippen molar-refractivity contribution in [3.8, 4) is 23.0 Å². The zero-order valence-electron chi connectivity index (χ0n) is 20.6. The number of rotatable bonds is 7. The van der Waals surface area contributed by atoms with Gasteiger partial charge in [-0.1, -0.05) is 18.2 Å². The van der Waals surface area contributed by atoms with E-state index in [0.29, 0.717) is 48.9 Å². The van der Waals surface area contributed by atoms with Crippen molar-refractivity contribution in [2.75, 3.05) is 26.4 Å². The molecule has 0 bridgehead atoms. The first kappa shape index (κ1) is 25.1. The normalized spacial score (nSPS) is 18.1. The summed E-state index contributed by atoms with van der Waals surface area (Å²) in [5, 5.41) is 21.6. The molecule has 3 aromatic rings. The van der Waals surface area contributed by atoms with Gasteiger partial charge < -0.3 is 29.3 Å². The van der Waals surface area contributed by atoms with Crippen LogP contribution in [-0.2, 0) is 16.0 Å². The zero-order chi connectivity index (χ0) is 26.8. The van der Waals surface area contributed by atoms with E-state index in [0.717, 1.165) is 5.56 Å². The number of aliphatic hydroxyl groups excluding tert-OH is 1. The van der Waals surface area contributed by atoms with Crippen molar-refractivity contribution in [3.05, 3.63) is 88.7 Å². The van der Waals surface area contributed by atoms with Gasteiger partial charge in [-0.05, 0) is 66.9 Å². The first-order valence-electron chi connectivity index (χ1n) is 12.3. The Hall–Kier alpha value is -4.53. The molecule has 2 aliphatic rings. The van der Waals surface area contributed by atoms with Crippen molar-refractivity contribution < 1.29 is 38.4 Å². The lowest BCUT2D eigenvalue weighted by molar-refractivity contribution is -0.139. The second kappa shape index (κ2) is 10.5. The molecule has 1 fully saturated rings. The molecule has 3 aromatic carbocycles. The van der Waals surface area contributed by atoms with Crippen LogP contribution in [0.4, 0.5) is 4.39 Å². The van der Waals surface area contributed by atoms with E-state index in [-0.39, 0.29) is 35.2 Å². The summed E-state index contributed by atoms with van der Waals surface area (Å²) in [5.74, 6) is -1.31. The Morgan fingerprint density at radius 1 is 1.03 bits per heavy atom. The third kappa shape index (κ3) is 4.74. The minimum Gasteiger partial charge on any atom is -0.507 e. The van der Waals surface area contributed by atoms with Gasteiger partial charge in [-0.2, -0.15) is 0 Å². The maximum absolute atomic E-state index is 13.4. The molecule has 0 aliphatic carbocycles. The number of carbonyl (C=O) groups is 2. The number of Topliss-reactive ketones (excluding diaryl/α,β-unsaturated/α-hetero) is 1. The fourth-order valence-corrected chi connectivity index (χ4v) is 4.68. The molecule has 1 saturated heterocycles. The van der Waals surface area contributed by atoms with Crippen LogP contribution < -0.4 is 14.2 Å². The highest BCUT2D eigenvalue weighted by molar-refractivity contribution is 6.46. The largest absolute Gasteiger partial charge is 0.507 e. The molecule has 2 N–H and O–H groups in total. The molecule has 2 heterocycles. The maximum Gasteiger partial charge on any atom is 0.295 e. The van der Waals surface area contributed by atoms with E-state index in [4.69, 9.17) is 14.2 Å². The molecule has 0 radical (unpaired) electrons. The Balaban J connectivity index is 1.59. The van der Waals surface area contributed by atoms with Gasteiger partial charge in [0.1, 0.15) is 24.8 Å². The highest BCUT2D eigenvalue weighted by Gasteiger charge is 2.46. The Morgan fingerprint density at radius 3 is 2.50 bits per heavy atom. The summed E-state index contributed by atoms with van der Waals surface area (Å²) in [5.41, 5.74) is 1.45. The number of fused-ring (bicyclic) bond motifs is 1. The van der Waals surface area contributed by atoms with Crippen LogP contribution in [0.15, 0.2) is 66.2 Å². The number of phenols is 1. The molecular weight excluding hydrogens is 493 g/mol. The number of hydrogen-bond donors (Lipinski definition) is 2. The predicted octanol–water partition coefficient (Wildman–Crippen LogP) is 4.37. The van der Waals surface area contributed by atoms with Gasteiger partial charge in [0.05, 0.1) is 18.2 Å². The van der Waals surface area contributed by atoms with E-state index in [2.05, 4.69) is 0 Å². The van der Waals surface area contributed by atoms with Crippen molar-refractivity contribution in [1.82, 2.24) is 4.90 Å². The molecule has 38 heavy (non-hydrogen) atoms. The van der Waals surface area contributed by atoms with Gasteiger partial charge in [-0.3, -0.25) is 9.59 Å². The maximum atomic E-state index is 13.4. The van der Waals surface area contributed by atoms with Crippen LogP contribution in [-0.4, -0.2) is 53.2 Å². The SMILES string of the molecule is CCOc1cc(C2/C(=C(\O)c3ccc4c(c3)OCCO4)C(=O)C(=O)N2CCc2ccc(F)cc2)ccc1O. The van der Waals surface area contributed by atoms with Crippen LogP contribution in [0, 0.1) is 5.82 Å². The van der Waals surface area contributed by atoms with Gasteiger partial charge in [0.25, 0.3) is 11.7 Å². The zero-order valence-corrected chi connectivity index (χ0v) is 20.6. The number of amides is 1. The monoisotopic (exact) mass is 519 g/mol. The number of likely N-dealkylation sites (tertiary alicyclic amines) is 1. The lowest BCUT2D eigenvalue weighted by Crippen LogP contribution is -2.31. The first-order chi connectivity index (χ1) is 18.4. The topological polar surface area (TPSA) is 106 Å². The lowest BCUT2D eigenvalue weighted by Gasteiger charge is -2.26. The van der Waals surface area contributed by atoms with Crippen LogP contribution in [0.25, 0.3) is 5.76 Å². The minimum atomic E-state index is -0.955. The van der Waals surface area contributed by atoms with Crippen LogP contribution in [0.3, 0.4) is 0 Å². The fourth-order valence-electron chi connectivity index (χ4n) is 4.68. The van der Waals surface area contributed by atoms with Crippen molar-refractivity contribution in [3.63, 3.8) is 0 Å². The summed E-state index contributed by atoms with van der Waals surface area (Å²) < 4.78 is 30.1. The Kier molecular flexibility index (Phi) is 6.91. The minimum absolute atomic E-state index is 0.0919. The Labute approximate surface area is 218 Å². The number of ketones is 1. The summed E-state index contributed by atoms with van der Waals surface area (Å²) in [7, 11) is 0. The second-order valence-corrected chi connectivity index (χ2v) is 8.89. The summed E-state index contributed by atoms with van der Waals surface area (Å²) in [4.78, 5) is 28.0. The van der Waals surface area contributed by atoms with Crippen molar-refractivity contribution in [2.24, 2.45) is 0 Å². The fraction of sp³-hybridized carbons (Fsp3) is 0.241. The third-order valence-corrected chi connectivity index (χ3v) is 6.51. The van der Waals surface area contributed by atoms with Gasteiger partial charge in [0, 0.05) is 12.1 Å². The molecular formula is C29H26FNO7. The van der Waals surface area contributed by atoms with E-state index >= 15 is 0 Å². The van der Waals surface area contributed by atoms with Crippen LogP contribution in [0.1, 0.15) is 29.7 Å². The Bertz CT molecular complexity index is 1420.